The average molecular weight is 560 g/mol. The summed E-state index contributed by atoms with van der Waals surface area (Å²) in [6.45, 7) is 29.2. The number of unbranched alkanes of at least 4 members (excludes halogenated alkanes) is 7. The molecule has 0 aromatic rings. The Morgan fingerprint density at radius 2 is 1.21 bits per heavy atom. The van der Waals surface area contributed by atoms with Crippen molar-refractivity contribution in [2.45, 2.75) is 172 Å². The quantitative estimate of drug-likeness (QED) is 0.196. The Bertz CT molecular complexity index is 413. The second-order valence-corrected chi connectivity index (χ2v) is 13.3. The van der Waals surface area contributed by atoms with E-state index in [-0.39, 0.29) is 0 Å². The molecule has 0 aromatic heterocycles. The Hall–Kier alpha value is -0.160. The fourth-order valence-electron chi connectivity index (χ4n) is 3.92. The second-order valence-electron chi connectivity index (χ2n) is 13.3. The van der Waals surface area contributed by atoms with Crippen LogP contribution in [0.3, 0.4) is 0 Å². The van der Waals surface area contributed by atoms with Crippen molar-refractivity contribution in [1.29, 1.82) is 0 Å². The fourth-order valence-corrected chi connectivity index (χ4v) is 3.92. The maximum atomic E-state index is 5.58. The minimum atomic E-state index is 0.326. The first-order chi connectivity index (χ1) is 18.4. The fraction of sp³-hybridized carbons (Fsp3) is 1.00. The van der Waals surface area contributed by atoms with Crippen molar-refractivity contribution in [3.63, 3.8) is 0 Å². The van der Waals surface area contributed by atoms with Gasteiger partial charge in [0.1, 0.15) is 0 Å². The standard InChI is InChI=1S/C11H24N2O.C10H23N.C9H20.C3H8.C2H6/c1-11(2,5-6-12)9-13-10-3-7-14-8-4-10;1-4-5-6-7-8-9-10-11(2)3;1-5-6-7-8-9(2,3)4;1-3-2;1-2/h10,13H,3-9,12H2,1-2H3;4-10H2,1-3H3;5-8H2,1-4H3;3H2,1-2H3;1-2H3. The summed E-state index contributed by atoms with van der Waals surface area (Å²) >= 11 is 0. The summed E-state index contributed by atoms with van der Waals surface area (Å²) in [5.41, 5.74) is 6.45. The maximum absolute atomic E-state index is 5.58. The summed E-state index contributed by atoms with van der Waals surface area (Å²) in [5, 5.41) is 3.61. The van der Waals surface area contributed by atoms with Gasteiger partial charge < -0.3 is 20.7 Å². The third kappa shape index (κ3) is 47.9. The van der Waals surface area contributed by atoms with E-state index < -0.39 is 0 Å². The van der Waals surface area contributed by atoms with E-state index in [0.29, 0.717) is 16.9 Å². The van der Waals surface area contributed by atoms with Crippen LogP contribution in [0.2, 0.25) is 0 Å². The number of ether oxygens (including phenoxy) is 1. The smallest absolute Gasteiger partial charge is 0.0480 e. The first-order valence-electron chi connectivity index (χ1n) is 17.0. The predicted molar refractivity (Wildman–Crippen MR) is 182 cm³/mol. The summed E-state index contributed by atoms with van der Waals surface area (Å²) in [4.78, 5) is 2.26. The largest absolute Gasteiger partial charge is 0.381 e. The average Bonchev–Trinajstić information content (AvgIpc) is 2.87. The van der Waals surface area contributed by atoms with Crippen molar-refractivity contribution >= 4 is 0 Å². The minimum absolute atomic E-state index is 0.326. The van der Waals surface area contributed by atoms with Crippen molar-refractivity contribution in [1.82, 2.24) is 10.2 Å². The van der Waals surface area contributed by atoms with E-state index in [1.807, 2.05) is 13.8 Å². The summed E-state index contributed by atoms with van der Waals surface area (Å²) < 4.78 is 5.32. The number of nitrogens with one attached hydrogen (secondary N) is 1. The van der Waals surface area contributed by atoms with Crippen LogP contribution in [0.1, 0.15) is 166 Å². The lowest BCUT2D eigenvalue weighted by Gasteiger charge is -2.29. The van der Waals surface area contributed by atoms with Crippen LogP contribution in [-0.4, -0.2) is 57.9 Å². The van der Waals surface area contributed by atoms with Gasteiger partial charge in [-0.1, -0.05) is 134 Å². The van der Waals surface area contributed by atoms with Crippen LogP contribution in [-0.2, 0) is 4.74 Å². The molecule has 0 atom stereocenters. The molecule has 0 amide bonds. The molecule has 242 valence electrons. The lowest BCUT2D eigenvalue weighted by atomic mass is 9.89. The summed E-state index contributed by atoms with van der Waals surface area (Å²) in [5.74, 6) is 0. The van der Waals surface area contributed by atoms with E-state index >= 15 is 0 Å². The van der Waals surface area contributed by atoms with Gasteiger partial charge in [0.2, 0.25) is 0 Å². The van der Waals surface area contributed by atoms with Crippen molar-refractivity contribution in [3.8, 4) is 0 Å². The van der Waals surface area contributed by atoms with Gasteiger partial charge >= 0.3 is 0 Å². The highest BCUT2D eigenvalue weighted by Gasteiger charge is 2.20. The van der Waals surface area contributed by atoms with Crippen LogP contribution < -0.4 is 11.1 Å². The first-order valence-corrected chi connectivity index (χ1v) is 17.0. The molecule has 0 saturated carbocycles. The number of hydrogen-bond acceptors (Lipinski definition) is 4. The molecule has 4 nitrogen and oxygen atoms in total. The zero-order valence-corrected chi connectivity index (χ0v) is 29.9. The molecule has 0 aliphatic carbocycles. The Kier molecular flexibility index (Phi) is 40.0. The van der Waals surface area contributed by atoms with Gasteiger partial charge in [-0.3, -0.25) is 0 Å². The lowest BCUT2D eigenvalue weighted by Crippen LogP contribution is -2.40. The van der Waals surface area contributed by atoms with Gasteiger partial charge in [0.25, 0.3) is 0 Å². The second kappa shape index (κ2) is 34.0. The molecule has 1 aliphatic heterocycles. The van der Waals surface area contributed by atoms with E-state index in [1.54, 1.807) is 0 Å². The monoisotopic (exact) mass is 560 g/mol. The molecule has 1 aliphatic rings. The molecule has 4 heteroatoms. The molecule has 1 saturated heterocycles. The van der Waals surface area contributed by atoms with E-state index in [2.05, 4.69) is 86.6 Å². The Labute approximate surface area is 250 Å². The van der Waals surface area contributed by atoms with E-state index in [4.69, 9.17) is 10.5 Å². The molecule has 0 spiro atoms. The molecule has 1 rings (SSSR count). The van der Waals surface area contributed by atoms with Crippen molar-refractivity contribution in [2.75, 3.05) is 46.9 Å². The molecule has 1 fully saturated rings. The molecule has 3 N–H and O–H groups in total. The summed E-state index contributed by atoms with van der Waals surface area (Å²) in [6.07, 6.45) is 18.6. The van der Waals surface area contributed by atoms with Crippen molar-refractivity contribution < 1.29 is 4.74 Å². The third-order valence-electron chi connectivity index (χ3n) is 6.40. The van der Waals surface area contributed by atoms with Crippen LogP contribution in [0.25, 0.3) is 0 Å². The minimum Gasteiger partial charge on any atom is -0.381 e. The van der Waals surface area contributed by atoms with E-state index in [0.717, 1.165) is 45.6 Å². The predicted octanol–water partition coefficient (Wildman–Crippen LogP) is 10.1. The zero-order valence-electron chi connectivity index (χ0n) is 29.9. The Balaban J connectivity index is -0.000000222. The summed E-state index contributed by atoms with van der Waals surface area (Å²) in [7, 11) is 4.29. The molecule has 0 bridgehead atoms. The van der Waals surface area contributed by atoms with Crippen molar-refractivity contribution in [3.05, 3.63) is 0 Å². The highest BCUT2D eigenvalue weighted by molar-refractivity contribution is 4.77. The molecular formula is C35H81N3O. The number of rotatable bonds is 15. The van der Waals surface area contributed by atoms with E-state index in [9.17, 15) is 0 Å². The molecular weight excluding hydrogens is 478 g/mol. The maximum Gasteiger partial charge on any atom is 0.0480 e. The van der Waals surface area contributed by atoms with Gasteiger partial charge in [0.05, 0.1) is 0 Å². The molecule has 0 radical (unpaired) electrons. The highest BCUT2D eigenvalue weighted by Crippen LogP contribution is 2.21. The molecule has 39 heavy (non-hydrogen) atoms. The van der Waals surface area contributed by atoms with Gasteiger partial charge in [-0.05, 0) is 70.1 Å². The Morgan fingerprint density at radius 3 is 1.64 bits per heavy atom. The van der Waals surface area contributed by atoms with Gasteiger partial charge in [0.15, 0.2) is 0 Å². The summed E-state index contributed by atoms with van der Waals surface area (Å²) in [6, 6.07) is 0.654. The van der Waals surface area contributed by atoms with Gasteiger partial charge in [-0.15, -0.1) is 0 Å². The first kappa shape index (κ1) is 45.8. The molecule has 0 aromatic carbocycles. The lowest BCUT2D eigenvalue weighted by molar-refractivity contribution is 0.0749. The van der Waals surface area contributed by atoms with Gasteiger partial charge in [-0.2, -0.15) is 0 Å². The van der Waals surface area contributed by atoms with Gasteiger partial charge in [0, 0.05) is 25.8 Å². The highest BCUT2D eigenvalue weighted by atomic mass is 16.5. The van der Waals surface area contributed by atoms with Crippen LogP contribution in [0.4, 0.5) is 0 Å². The van der Waals surface area contributed by atoms with Gasteiger partial charge in [-0.25, -0.2) is 0 Å². The molecule has 0 unspecified atom stereocenters. The Morgan fingerprint density at radius 1 is 0.744 bits per heavy atom. The van der Waals surface area contributed by atoms with Crippen LogP contribution in [0, 0.1) is 10.8 Å². The third-order valence-corrected chi connectivity index (χ3v) is 6.40. The normalized spacial score (nSPS) is 13.6. The zero-order chi connectivity index (χ0) is 31.0. The SMILES string of the molecule is CC.CC(C)(CCN)CNC1CCOCC1.CCC.CCCCCC(C)(C)C.CCCCCCCCN(C)C. The number of nitrogens with zero attached hydrogens (tertiary/aromatic N) is 1. The van der Waals surface area contributed by atoms with E-state index in [1.165, 1.54) is 77.2 Å². The number of nitrogens with two attached hydrogens (primary N) is 1. The number of hydrogen-bond donors (Lipinski definition) is 2. The topological polar surface area (TPSA) is 50.5 Å². The van der Waals surface area contributed by atoms with Crippen LogP contribution >= 0.6 is 0 Å². The molecule has 1 heterocycles. The van der Waals surface area contributed by atoms with Crippen LogP contribution in [0.5, 0.6) is 0 Å². The van der Waals surface area contributed by atoms with Crippen molar-refractivity contribution in [2.24, 2.45) is 16.6 Å². The van der Waals surface area contributed by atoms with Crippen LogP contribution in [0.15, 0.2) is 0 Å².